The number of rotatable bonds is 3. The number of aliphatic hydroxyl groups is 1. The van der Waals surface area contributed by atoms with Crippen molar-refractivity contribution >= 4 is 22.0 Å². The van der Waals surface area contributed by atoms with Gasteiger partial charge in [-0.05, 0) is 29.8 Å². The molecule has 0 bridgehead atoms. The highest BCUT2D eigenvalue weighted by Crippen LogP contribution is 2.43. The van der Waals surface area contributed by atoms with Gasteiger partial charge in [0.15, 0.2) is 0 Å². The van der Waals surface area contributed by atoms with E-state index in [0.29, 0.717) is 6.08 Å². The lowest BCUT2D eigenvalue weighted by Gasteiger charge is -2.28. The van der Waals surface area contributed by atoms with Crippen molar-refractivity contribution < 1.29 is 22.7 Å². The summed E-state index contributed by atoms with van der Waals surface area (Å²) in [5.41, 5.74) is -3.30. The van der Waals surface area contributed by atoms with Crippen molar-refractivity contribution in [3.63, 3.8) is 0 Å². The zero-order valence-electron chi connectivity index (χ0n) is 11.1. The maximum Gasteiger partial charge on any atom is 0.425 e. The molecule has 1 nitrogen and oxygen atoms in total. The molecule has 1 unspecified atom stereocenters. The number of hydrogen-bond donors (Lipinski definition) is 1. The molecule has 0 saturated carbocycles. The van der Waals surface area contributed by atoms with Crippen LogP contribution in [0, 0.1) is 5.82 Å². The number of alkyl halides is 3. The summed E-state index contributed by atoms with van der Waals surface area (Å²) < 4.78 is 53.3. The summed E-state index contributed by atoms with van der Waals surface area (Å²) in [6, 6.07) is 10.6. The monoisotopic (exact) mass is 374 g/mol. The van der Waals surface area contributed by atoms with Crippen molar-refractivity contribution in [3.8, 4) is 0 Å². The maximum atomic E-state index is 13.4. The van der Waals surface area contributed by atoms with E-state index in [4.69, 9.17) is 0 Å². The molecule has 2 aromatic rings. The van der Waals surface area contributed by atoms with Gasteiger partial charge in [-0.2, -0.15) is 13.2 Å². The SMILES string of the molecule is OC(C=Cc1cccc(F)c1)(c1ccccc1Br)C(F)(F)F. The third kappa shape index (κ3) is 3.39. The highest BCUT2D eigenvalue weighted by molar-refractivity contribution is 9.10. The van der Waals surface area contributed by atoms with Crippen molar-refractivity contribution in [1.82, 2.24) is 0 Å². The zero-order chi connectivity index (χ0) is 16.4. The third-order valence-corrected chi connectivity index (χ3v) is 3.77. The minimum absolute atomic E-state index is 0.124. The lowest BCUT2D eigenvalue weighted by Crippen LogP contribution is -2.40. The van der Waals surface area contributed by atoms with Crippen LogP contribution in [0.15, 0.2) is 59.1 Å². The molecule has 0 aliphatic carbocycles. The fourth-order valence-corrected chi connectivity index (χ4v) is 2.52. The van der Waals surface area contributed by atoms with Gasteiger partial charge in [0.05, 0.1) is 0 Å². The second-order valence-electron chi connectivity index (χ2n) is 4.63. The molecule has 0 aliphatic rings. The van der Waals surface area contributed by atoms with Crippen LogP contribution in [0.3, 0.4) is 0 Å². The quantitative estimate of drug-likeness (QED) is 0.745. The summed E-state index contributed by atoms with van der Waals surface area (Å²) in [5, 5.41) is 10.2. The lowest BCUT2D eigenvalue weighted by atomic mass is 9.92. The van der Waals surface area contributed by atoms with Gasteiger partial charge in [-0.1, -0.05) is 52.3 Å². The highest BCUT2D eigenvalue weighted by Gasteiger charge is 2.54. The van der Waals surface area contributed by atoms with E-state index in [0.717, 1.165) is 12.1 Å². The Morgan fingerprint density at radius 2 is 1.68 bits per heavy atom. The normalized spacial score (nSPS) is 15.0. The topological polar surface area (TPSA) is 20.2 Å². The summed E-state index contributed by atoms with van der Waals surface area (Å²) in [4.78, 5) is 0. The van der Waals surface area contributed by atoms with Crippen LogP contribution in [0.4, 0.5) is 17.6 Å². The average Bonchev–Trinajstić information content (AvgIpc) is 2.44. The number of halogens is 5. The molecular weight excluding hydrogens is 364 g/mol. The summed E-state index contributed by atoms with van der Waals surface area (Å²) >= 11 is 3.01. The van der Waals surface area contributed by atoms with Gasteiger partial charge in [-0.3, -0.25) is 0 Å². The fraction of sp³-hybridized carbons (Fsp3) is 0.125. The van der Waals surface area contributed by atoms with Gasteiger partial charge in [-0.25, -0.2) is 4.39 Å². The van der Waals surface area contributed by atoms with Crippen LogP contribution in [0.25, 0.3) is 6.08 Å². The van der Waals surface area contributed by atoms with Gasteiger partial charge in [-0.15, -0.1) is 0 Å². The summed E-state index contributed by atoms with van der Waals surface area (Å²) in [7, 11) is 0. The Morgan fingerprint density at radius 1 is 1.00 bits per heavy atom. The van der Waals surface area contributed by atoms with Gasteiger partial charge < -0.3 is 5.11 Å². The van der Waals surface area contributed by atoms with E-state index in [9.17, 15) is 22.7 Å². The zero-order valence-corrected chi connectivity index (χ0v) is 12.7. The van der Waals surface area contributed by atoms with E-state index in [2.05, 4.69) is 15.9 Å². The van der Waals surface area contributed by atoms with Gasteiger partial charge in [0.2, 0.25) is 5.60 Å². The molecule has 0 aliphatic heterocycles. The van der Waals surface area contributed by atoms with Crippen LogP contribution in [0.1, 0.15) is 11.1 Å². The summed E-state index contributed by atoms with van der Waals surface area (Å²) in [5.74, 6) is -0.571. The van der Waals surface area contributed by atoms with E-state index in [1.807, 2.05) is 0 Å². The Bertz CT molecular complexity index is 697. The first-order valence-electron chi connectivity index (χ1n) is 6.23. The molecule has 0 fully saturated rings. The van der Waals surface area contributed by atoms with E-state index in [1.165, 1.54) is 36.4 Å². The standard InChI is InChI=1S/C16H11BrF4O/c17-14-7-2-1-6-13(14)15(22,16(19,20)21)9-8-11-4-3-5-12(18)10-11/h1-10,22H. The van der Waals surface area contributed by atoms with Crippen LogP contribution in [-0.2, 0) is 5.60 Å². The Hall–Kier alpha value is -1.66. The van der Waals surface area contributed by atoms with Gasteiger partial charge >= 0.3 is 6.18 Å². The van der Waals surface area contributed by atoms with Crippen LogP contribution in [-0.4, -0.2) is 11.3 Å². The van der Waals surface area contributed by atoms with Crippen molar-refractivity contribution in [2.24, 2.45) is 0 Å². The predicted octanol–water partition coefficient (Wildman–Crippen LogP) is 5.05. The Kier molecular flexibility index (Phi) is 4.72. The minimum atomic E-state index is -4.93. The van der Waals surface area contributed by atoms with Gasteiger partial charge in [0.25, 0.3) is 0 Å². The number of benzene rings is 2. The minimum Gasteiger partial charge on any atom is -0.373 e. The van der Waals surface area contributed by atoms with E-state index >= 15 is 0 Å². The molecule has 116 valence electrons. The molecule has 2 rings (SSSR count). The van der Waals surface area contributed by atoms with Gasteiger partial charge in [0.1, 0.15) is 5.82 Å². The smallest absolute Gasteiger partial charge is 0.373 e. The molecule has 22 heavy (non-hydrogen) atoms. The Labute approximate surface area is 133 Å². The highest BCUT2D eigenvalue weighted by atomic mass is 79.9. The molecule has 2 aromatic carbocycles. The largest absolute Gasteiger partial charge is 0.425 e. The van der Waals surface area contributed by atoms with Crippen LogP contribution in [0.2, 0.25) is 0 Å². The second kappa shape index (κ2) is 6.22. The summed E-state index contributed by atoms with van der Waals surface area (Å²) in [6.07, 6.45) is -3.28. The first kappa shape index (κ1) is 16.7. The van der Waals surface area contributed by atoms with E-state index < -0.39 is 17.6 Å². The molecule has 0 heterocycles. The molecule has 1 atom stereocenters. The second-order valence-corrected chi connectivity index (χ2v) is 5.49. The van der Waals surface area contributed by atoms with Crippen LogP contribution < -0.4 is 0 Å². The van der Waals surface area contributed by atoms with Crippen LogP contribution in [0.5, 0.6) is 0 Å². The van der Waals surface area contributed by atoms with E-state index in [-0.39, 0.29) is 15.6 Å². The van der Waals surface area contributed by atoms with Crippen molar-refractivity contribution in [2.45, 2.75) is 11.8 Å². The maximum absolute atomic E-state index is 13.4. The molecule has 0 aromatic heterocycles. The Balaban J connectivity index is 2.50. The first-order chi connectivity index (χ1) is 10.2. The van der Waals surface area contributed by atoms with Crippen LogP contribution >= 0.6 is 15.9 Å². The van der Waals surface area contributed by atoms with Gasteiger partial charge in [0, 0.05) is 10.0 Å². The predicted molar refractivity (Wildman–Crippen MR) is 79.5 cm³/mol. The Morgan fingerprint density at radius 3 is 2.27 bits per heavy atom. The van der Waals surface area contributed by atoms with Crippen molar-refractivity contribution in [2.75, 3.05) is 0 Å². The molecule has 0 radical (unpaired) electrons. The molecule has 1 N–H and O–H groups in total. The summed E-state index contributed by atoms with van der Waals surface area (Å²) in [6.45, 7) is 0. The fourth-order valence-electron chi connectivity index (χ4n) is 1.93. The van der Waals surface area contributed by atoms with Crippen molar-refractivity contribution in [1.29, 1.82) is 0 Å². The molecule has 0 amide bonds. The molecule has 0 saturated heterocycles. The average molecular weight is 375 g/mol. The number of hydrogen-bond acceptors (Lipinski definition) is 1. The molecule has 0 spiro atoms. The molecule has 6 heteroatoms. The first-order valence-corrected chi connectivity index (χ1v) is 7.02. The molecular formula is C16H11BrF4O. The van der Waals surface area contributed by atoms with Crippen molar-refractivity contribution in [3.05, 3.63) is 76.0 Å². The third-order valence-electron chi connectivity index (χ3n) is 3.08. The van der Waals surface area contributed by atoms with E-state index in [1.54, 1.807) is 6.07 Å². The lowest BCUT2D eigenvalue weighted by molar-refractivity contribution is -0.245.